The van der Waals surface area contributed by atoms with Gasteiger partial charge in [-0.3, -0.25) is 4.79 Å². The van der Waals surface area contributed by atoms with Crippen molar-refractivity contribution >= 4 is 16.8 Å². The number of para-hydroxylation sites is 1. The van der Waals surface area contributed by atoms with Crippen LogP contribution in [0, 0.1) is 5.92 Å². The van der Waals surface area contributed by atoms with Gasteiger partial charge < -0.3 is 14.4 Å². The first-order chi connectivity index (χ1) is 14.3. The van der Waals surface area contributed by atoms with E-state index in [0.717, 1.165) is 31.6 Å². The fourth-order valence-electron chi connectivity index (χ4n) is 5.36. The molecule has 1 aliphatic heterocycles. The summed E-state index contributed by atoms with van der Waals surface area (Å²) in [5.74, 6) is 1.31. The van der Waals surface area contributed by atoms with E-state index in [4.69, 9.17) is 4.52 Å². The summed E-state index contributed by atoms with van der Waals surface area (Å²) in [5.41, 5.74) is 4.27. The number of carbonyl (C=O) groups excluding carboxylic acids is 1. The van der Waals surface area contributed by atoms with Crippen molar-refractivity contribution in [2.75, 3.05) is 6.54 Å². The van der Waals surface area contributed by atoms with Crippen molar-refractivity contribution in [3.05, 3.63) is 53.0 Å². The third-order valence-corrected chi connectivity index (χ3v) is 6.71. The Hall–Kier alpha value is -2.56. The van der Waals surface area contributed by atoms with E-state index in [-0.39, 0.29) is 11.9 Å². The molecule has 0 bridgehead atoms. The third kappa shape index (κ3) is 3.26. The Morgan fingerprint density at radius 1 is 1.24 bits per heavy atom. The minimum absolute atomic E-state index is 0.0102. The Labute approximate surface area is 171 Å². The summed E-state index contributed by atoms with van der Waals surface area (Å²) >= 11 is 0. The molecule has 2 aliphatic rings. The molecule has 1 saturated carbocycles. The van der Waals surface area contributed by atoms with Crippen LogP contribution in [0.15, 0.2) is 34.9 Å². The zero-order chi connectivity index (χ0) is 19.8. The molecule has 5 nitrogen and oxygen atoms in total. The highest BCUT2D eigenvalue weighted by molar-refractivity contribution is 5.93. The van der Waals surface area contributed by atoms with E-state index in [9.17, 15) is 4.79 Å². The lowest BCUT2D eigenvalue weighted by Crippen LogP contribution is -2.43. The molecule has 5 rings (SSSR count). The fourth-order valence-corrected chi connectivity index (χ4v) is 5.36. The van der Waals surface area contributed by atoms with Crippen LogP contribution in [0.5, 0.6) is 0 Å². The summed E-state index contributed by atoms with van der Waals surface area (Å²) in [7, 11) is 0. The molecule has 29 heavy (non-hydrogen) atoms. The van der Waals surface area contributed by atoms with Gasteiger partial charge >= 0.3 is 0 Å². The highest BCUT2D eigenvalue weighted by Gasteiger charge is 2.39. The van der Waals surface area contributed by atoms with Crippen LogP contribution in [0.2, 0.25) is 0 Å². The molecule has 3 aromatic rings. The van der Waals surface area contributed by atoms with Gasteiger partial charge in [-0.25, -0.2) is 0 Å². The van der Waals surface area contributed by atoms with E-state index in [1.54, 1.807) is 0 Å². The van der Waals surface area contributed by atoms with Gasteiger partial charge in [-0.1, -0.05) is 49.5 Å². The zero-order valence-corrected chi connectivity index (χ0v) is 17.1. The van der Waals surface area contributed by atoms with Gasteiger partial charge in [0.25, 0.3) is 5.91 Å². The Morgan fingerprint density at radius 2 is 2.07 bits per heavy atom. The van der Waals surface area contributed by atoms with Gasteiger partial charge in [0.05, 0.1) is 6.04 Å². The van der Waals surface area contributed by atoms with Crippen molar-refractivity contribution in [2.45, 2.75) is 64.3 Å². The summed E-state index contributed by atoms with van der Waals surface area (Å²) < 4.78 is 5.41. The second-order valence-corrected chi connectivity index (χ2v) is 8.58. The maximum Gasteiger partial charge on any atom is 0.276 e. The standard InChI is InChI=1S/C24H29N3O2/c1-2-8-17-15-21(26-29-17)24(28)27-14-13-19-18-11-6-7-12-20(18)25-22(19)23(27)16-9-4-3-5-10-16/h6-7,11-12,15-16,23,25H,2-5,8-10,13-14H2,1H3/t23-/m0/s1. The molecule has 1 N–H and O–H groups in total. The molecule has 1 aliphatic carbocycles. The minimum atomic E-state index is 0.0102. The maximum absolute atomic E-state index is 13.5. The zero-order valence-electron chi connectivity index (χ0n) is 17.1. The van der Waals surface area contributed by atoms with Crippen LogP contribution >= 0.6 is 0 Å². The molecular formula is C24H29N3O2. The van der Waals surface area contributed by atoms with Gasteiger partial charge in [0.15, 0.2) is 5.69 Å². The van der Waals surface area contributed by atoms with E-state index in [2.05, 4.69) is 46.2 Å². The average Bonchev–Trinajstić information content (AvgIpc) is 3.38. The number of aryl methyl sites for hydroxylation is 1. The normalized spacial score (nSPS) is 20.2. The second kappa shape index (κ2) is 7.69. The van der Waals surface area contributed by atoms with Crippen LogP contribution in [-0.4, -0.2) is 27.5 Å². The molecule has 0 spiro atoms. The van der Waals surface area contributed by atoms with Crippen molar-refractivity contribution in [3.8, 4) is 0 Å². The summed E-state index contributed by atoms with van der Waals surface area (Å²) in [6.45, 7) is 2.84. The molecule has 1 aromatic carbocycles. The number of nitrogens with zero attached hydrogens (tertiary/aromatic N) is 2. The number of hydrogen-bond acceptors (Lipinski definition) is 3. The van der Waals surface area contributed by atoms with Gasteiger partial charge in [0, 0.05) is 35.6 Å². The Balaban J connectivity index is 1.54. The lowest BCUT2D eigenvalue weighted by atomic mass is 9.79. The molecule has 1 amide bonds. The predicted molar refractivity (Wildman–Crippen MR) is 113 cm³/mol. The van der Waals surface area contributed by atoms with E-state index in [0.29, 0.717) is 11.6 Å². The van der Waals surface area contributed by atoms with Crippen molar-refractivity contribution in [2.24, 2.45) is 5.92 Å². The number of benzene rings is 1. The molecule has 152 valence electrons. The first kappa shape index (κ1) is 18.5. The first-order valence-corrected chi connectivity index (χ1v) is 11.1. The van der Waals surface area contributed by atoms with Crippen LogP contribution in [0.4, 0.5) is 0 Å². The first-order valence-electron chi connectivity index (χ1n) is 11.1. The van der Waals surface area contributed by atoms with Gasteiger partial charge in [-0.05, 0) is 43.2 Å². The number of fused-ring (bicyclic) bond motifs is 3. The number of rotatable bonds is 4. The van der Waals surface area contributed by atoms with Crippen LogP contribution in [0.25, 0.3) is 10.9 Å². The number of carbonyl (C=O) groups is 1. The smallest absolute Gasteiger partial charge is 0.276 e. The van der Waals surface area contributed by atoms with E-state index < -0.39 is 0 Å². The highest BCUT2D eigenvalue weighted by atomic mass is 16.5. The summed E-state index contributed by atoms with van der Waals surface area (Å²) in [6.07, 6.45) is 8.86. The number of amides is 1. The minimum Gasteiger partial charge on any atom is -0.361 e. The quantitative estimate of drug-likeness (QED) is 0.645. The SMILES string of the molecule is CCCc1cc(C(=O)N2CCc3c([nH]c4ccccc34)[C@@H]2C2CCCCC2)no1. The molecule has 2 aromatic heterocycles. The molecule has 5 heteroatoms. The second-order valence-electron chi connectivity index (χ2n) is 8.58. The van der Waals surface area contributed by atoms with E-state index >= 15 is 0 Å². The molecule has 1 atom stereocenters. The lowest BCUT2D eigenvalue weighted by Gasteiger charge is -2.41. The molecule has 0 radical (unpaired) electrons. The third-order valence-electron chi connectivity index (χ3n) is 6.71. The summed E-state index contributed by atoms with van der Waals surface area (Å²) in [4.78, 5) is 19.2. The number of hydrogen-bond donors (Lipinski definition) is 1. The molecular weight excluding hydrogens is 362 g/mol. The van der Waals surface area contributed by atoms with Crippen LogP contribution in [0.1, 0.15) is 79.0 Å². The fraction of sp³-hybridized carbons (Fsp3) is 0.500. The van der Waals surface area contributed by atoms with Gasteiger partial charge in [-0.2, -0.15) is 0 Å². The number of aromatic amines is 1. The van der Waals surface area contributed by atoms with Gasteiger partial charge in [0.2, 0.25) is 0 Å². The highest BCUT2D eigenvalue weighted by Crippen LogP contribution is 2.44. The van der Waals surface area contributed by atoms with Crippen LogP contribution in [0.3, 0.4) is 0 Å². The lowest BCUT2D eigenvalue weighted by molar-refractivity contribution is 0.0523. The summed E-state index contributed by atoms with van der Waals surface area (Å²) in [6, 6.07) is 10.5. The Bertz CT molecular complexity index is 1010. The van der Waals surface area contributed by atoms with Crippen LogP contribution in [-0.2, 0) is 12.8 Å². The maximum atomic E-state index is 13.5. The number of nitrogens with one attached hydrogen (secondary N) is 1. The summed E-state index contributed by atoms with van der Waals surface area (Å²) in [5, 5.41) is 5.42. The number of aromatic nitrogens is 2. The monoisotopic (exact) mass is 391 g/mol. The molecule has 1 fully saturated rings. The molecule has 0 unspecified atom stereocenters. The van der Waals surface area contributed by atoms with Crippen LogP contribution < -0.4 is 0 Å². The van der Waals surface area contributed by atoms with Gasteiger partial charge in [-0.15, -0.1) is 0 Å². The van der Waals surface area contributed by atoms with Crippen molar-refractivity contribution in [1.29, 1.82) is 0 Å². The Kier molecular flexibility index (Phi) is 4.90. The van der Waals surface area contributed by atoms with Crippen molar-refractivity contribution in [3.63, 3.8) is 0 Å². The largest absolute Gasteiger partial charge is 0.361 e. The van der Waals surface area contributed by atoms with Crippen molar-refractivity contribution < 1.29 is 9.32 Å². The molecule has 0 saturated heterocycles. The predicted octanol–water partition coefficient (Wildman–Crippen LogP) is 5.43. The topological polar surface area (TPSA) is 62.1 Å². The number of H-pyrrole nitrogens is 1. The van der Waals surface area contributed by atoms with E-state index in [1.165, 1.54) is 54.3 Å². The van der Waals surface area contributed by atoms with E-state index in [1.807, 2.05) is 6.07 Å². The molecule has 3 heterocycles. The Morgan fingerprint density at radius 3 is 2.90 bits per heavy atom. The van der Waals surface area contributed by atoms with Gasteiger partial charge in [0.1, 0.15) is 5.76 Å². The van der Waals surface area contributed by atoms with Crippen molar-refractivity contribution in [1.82, 2.24) is 15.0 Å². The average molecular weight is 392 g/mol.